The highest BCUT2D eigenvalue weighted by atomic mass is 16.2. The third-order valence-electron chi connectivity index (χ3n) is 3.73. The van der Waals surface area contributed by atoms with E-state index in [2.05, 4.69) is 4.99 Å². The van der Waals surface area contributed by atoms with E-state index < -0.39 is 0 Å². The van der Waals surface area contributed by atoms with Gasteiger partial charge in [0, 0.05) is 24.4 Å². The lowest BCUT2D eigenvalue weighted by Crippen LogP contribution is -2.25. The van der Waals surface area contributed by atoms with Crippen LogP contribution in [0.15, 0.2) is 82.7 Å². The van der Waals surface area contributed by atoms with Gasteiger partial charge in [0.1, 0.15) is 5.69 Å². The van der Waals surface area contributed by atoms with E-state index in [1.165, 1.54) is 4.57 Å². The van der Waals surface area contributed by atoms with Crippen molar-refractivity contribution in [2.75, 3.05) is 0 Å². The molecule has 3 aromatic rings. The first-order chi connectivity index (χ1) is 11.7. The molecule has 5 heteroatoms. The fraction of sp³-hybridized carbons (Fsp3) is 0.0526. The van der Waals surface area contributed by atoms with E-state index in [0.29, 0.717) is 11.2 Å². The number of rotatable bonds is 4. The van der Waals surface area contributed by atoms with Crippen molar-refractivity contribution in [3.8, 4) is 0 Å². The van der Waals surface area contributed by atoms with E-state index in [4.69, 9.17) is 0 Å². The smallest absolute Gasteiger partial charge is 0.306 e. The molecule has 0 radical (unpaired) electrons. The Balaban J connectivity index is 2.22. The predicted octanol–water partition coefficient (Wildman–Crippen LogP) is 1.52. The van der Waals surface area contributed by atoms with Crippen LogP contribution in [0.4, 0.5) is 5.69 Å². The van der Waals surface area contributed by atoms with E-state index in [1.54, 1.807) is 19.3 Å². The number of benzene rings is 2. The lowest BCUT2D eigenvalue weighted by Gasteiger charge is -2.09. The zero-order valence-corrected chi connectivity index (χ0v) is 13.4. The lowest BCUT2D eigenvalue weighted by molar-refractivity contribution is 0.615. The van der Waals surface area contributed by atoms with Gasteiger partial charge in [-0.2, -0.15) is 0 Å². The summed E-state index contributed by atoms with van der Waals surface area (Å²) in [5.41, 5.74) is 3.35. The maximum Gasteiger partial charge on any atom is 0.306 e. The third-order valence-corrected chi connectivity index (χ3v) is 3.73. The lowest BCUT2D eigenvalue weighted by atomic mass is 9.90. The molecular weight excluding hydrogens is 299 g/mol. The summed E-state index contributed by atoms with van der Waals surface area (Å²) >= 11 is 0. The molecule has 2 aromatic carbocycles. The van der Waals surface area contributed by atoms with Crippen molar-refractivity contribution in [3.63, 3.8) is 0 Å². The number of aliphatic imine (C=N–C) groups is 1. The predicted molar refractivity (Wildman–Crippen MR) is 98.9 cm³/mol. The largest absolute Gasteiger partial charge is 0.449 e. The number of hydrogen-bond acceptors (Lipinski definition) is 3. The van der Waals surface area contributed by atoms with Crippen LogP contribution in [0.2, 0.25) is 0 Å². The Kier molecular flexibility index (Phi) is 4.73. The Morgan fingerprint density at radius 3 is 2.04 bits per heavy atom. The highest BCUT2D eigenvalue weighted by Crippen LogP contribution is 2.15. The summed E-state index contributed by atoms with van der Waals surface area (Å²) in [5.74, 6) is 0. The second-order valence-electron chi connectivity index (χ2n) is 5.50. The van der Waals surface area contributed by atoms with Crippen molar-refractivity contribution >= 4 is 24.3 Å². The molecule has 0 unspecified atom stereocenters. The second kappa shape index (κ2) is 7.11. The van der Waals surface area contributed by atoms with E-state index in [0.717, 1.165) is 16.8 Å². The van der Waals surface area contributed by atoms with Gasteiger partial charge in [-0.3, -0.25) is 4.79 Å². The minimum atomic E-state index is -0.198. The minimum absolute atomic E-state index is 0.136. The van der Waals surface area contributed by atoms with Crippen molar-refractivity contribution < 1.29 is 5.02 Å². The van der Waals surface area contributed by atoms with E-state index in [1.807, 2.05) is 60.7 Å². The first kappa shape index (κ1) is 16.0. The monoisotopic (exact) mass is 316 g/mol. The average molecular weight is 316 g/mol. The van der Waals surface area contributed by atoms with Crippen LogP contribution in [0.3, 0.4) is 0 Å². The molecule has 118 valence electrons. The number of aromatic nitrogens is 1. The van der Waals surface area contributed by atoms with Gasteiger partial charge in [0.2, 0.25) is 0 Å². The highest BCUT2D eigenvalue weighted by molar-refractivity contribution is 6.45. The molecule has 0 aliphatic heterocycles. The van der Waals surface area contributed by atoms with Gasteiger partial charge in [0.15, 0.2) is 0 Å². The molecule has 0 bridgehead atoms. The molecule has 0 atom stereocenters. The summed E-state index contributed by atoms with van der Waals surface area (Å²) in [7, 11) is 1.52. The van der Waals surface area contributed by atoms with Crippen molar-refractivity contribution in [2.24, 2.45) is 12.0 Å². The van der Waals surface area contributed by atoms with Crippen molar-refractivity contribution in [1.82, 2.24) is 4.57 Å². The highest BCUT2D eigenvalue weighted by Gasteiger charge is 2.10. The van der Waals surface area contributed by atoms with Crippen LogP contribution in [0, 0.1) is 0 Å². The number of nitrogens with zero attached hydrogens (tertiary/aromatic N) is 2. The van der Waals surface area contributed by atoms with Gasteiger partial charge in [-0.25, -0.2) is 4.99 Å². The molecule has 1 heterocycles. The topological polar surface area (TPSA) is 54.6 Å². The molecule has 1 aromatic heterocycles. The molecule has 1 N–H and O–H groups in total. The Hall–Kier alpha value is -2.92. The van der Waals surface area contributed by atoms with Gasteiger partial charge in [0.05, 0.1) is 5.71 Å². The zero-order chi connectivity index (χ0) is 16.9. The maximum absolute atomic E-state index is 12.4. The maximum atomic E-state index is 12.4. The summed E-state index contributed by atoms with van der Waals surface area (Å²) in [6.07, 6.45) is 1.62. The van der Waals surface area contributed by atoms with Crippen LogP contribution >= 0.6 is 0 Å². The number of hydrogen-bond donors (Lipinski definition) is 1. The summed E-state index contributed by atoms with van der Waals surface area (Å²) in [6.45, 7) is 0. The van der Waals surface area contributed by atoms with E-state index in [9.17, 15) is 9.82 Å². The molecule has 0 aliphatic carbocycles. The zero-order valence-electron chi connectivity index (χ0n) is 13.4. The van der Waals surface area contributed by atoms with Gasteiger partial charge in [-0.15, -0.1) is 0 Å². The van der Waals surface area contributed by atoms with Gasteiger partial charge in [-0.1, -0.05) is 60.7 Å². The molecule has 0 aliphatic rings. The minimum Gasteiger partial charge on any atom is -0.449 e. The second-order valence-corrected chi connectivity index (χ2v) is 5.50. The van der Waals surface area contributed by atoms with Crippen molar-refractivity contribution in [1.29, 1.82) is 0 Å². The number of pyridine rings is 1. The van der Waals surface area contributed by atoms with E-state index >= 15 is 0 Å². The molecule has 3 rings (SSSR count). The number of aryl methyl sites for hydroxylation is 1. The summed E-state index contributed by atoms with van der Waals surface area (Å²) < 4.78 is 1.44. The molecule has 0 fully saturated rings. The first-order valence-corrected chi connectivity index (χ1v) is 7.69. The average Bonchev–Trinajstić information content (AvgIpc) is 2.64. The molecule has 0 saturated heterocycles. The quantitative estimate of drug-likeness (QED) is 0.586. The summed E-state index contributed by atoms with van der Waals surface area (Å²) in [5, 5.41) is 9.38. The molecule has 0 saturated carbocycles. The Bertz CT molecular complexity index is 878. The molecule has 0 spiro atoms. The fourth-order valence-electron chi connectivity index (χ4n) is 2.54. The Morgan fingerprint density at radius 1 is 1.00 bits per heavy atom. The van der Waals surface area contributed by atoms with Crippen LogP contribution < -0.4 is 11.0 Å². The third kappa shape index (κ3) is 3.36. The van der Waals surface area contributed by atoms with Gasteiger partial charge < -0.3 is 9.59 Å². The fourth-order valence-corrected chi connectivity index (χ4v) is 2.54. The normalized spacial score (nSPS) is 10.2. The van der Waals surface area contributed by atoms with E-state index in [-0.39, 0.29) is 13.0 Å². The van der Waals surface area contributed by atoms with Crippen LogP contribution in [-0.2, 0) is 7.05 Å². The Morgan fingerprint density at radius 2 is 1.54 bits per heavy atom. The van der Waals surface area contributed by atoms with Gasteiger partial charge in [-0.05, 0) is 11.5 Å². The van der Waals surface area contributed by atoms with Crippen LogP contribution in [0.25, 0.3) is 0 Å². The molecule has 24 heavy (non-hydrogen) atoms. The van der Waals surface area contributed by atoms with Gasteiger partial charge >= 0.3 is 7.48 Å². The van der Waals surface area contributed by atoms with Crippen LogP contribution in [-0.4, -0.2) is 22.8 Å². The standard InChI is InChI=1S/C19H17BN2O2/c1-22-13-16(20-24)12-17(19(22)23)21-18(14-8-4-2-5-9-14)15-10-6-3-7-11-15/h2-13,20,24H,1H3. The summed E-state index contributed by atoms with van der Waals surface area (Å²) in [4.78, 5) is 17.0. The van der Waals surface area contributed by atoms with Crippen molar-refractivity contribution in [2.45, 2.75) is 0 Å². The van der Waals surface area contributed by atoms with Crippen molar-refractivity contribution in [3.05, 3.63) is 94.4 Å². The van der Waals surface area contributed by atoms with Crippen LogP contribution in [0.1, 0.15) is 11.1 Å². The molecular formula is C19H17BN2O2. The first-order valence-electron chi connectivity index (χ1n) is 7.69. The Labute approximate surface area is 141 Å². The van der Waals surface area contributed by atoms with Crippen LogP contribution in [0.5, 0.6) is 0 Å². The molecule has 0 amide bonds. The SMILES string of the molecule is Cn1cc(BO)cc(N=C(c2ccccc2)c2ccccc2)c1=O. The molecule has 4 nitrogen and oxygen atoms in total. The summed E-state index contributed by atoms with van der Waals surface area (Å²) in [6, 6.07) is 21.1. The van der Waals surface area contributed by atoms with Gasteiger partial charge in [0.25, 0.3) is 5.56 Å².